The first-order valence-electron chi connectivity index (χ1n) is 4.07. The van der Waals surface area contributed by atoms with Gasteiger partial charge in [0.25, 0.3) is 0 Å². The zero-order valence-electron chi connectivity index (χ0n) is 8.41. The molecule has 0 aliphatic carbocycles. The van der Waals surface area contributed by atoms with E-state index in [1.165, 1.54) is 0 Å². The molecule has 0 aromatic rings. The Hall–Kier alpha value is -0.740. The van der Waals surface area contributed by atoms with Crippen molar-refractivity contribution in [1.29, 1.82) is 0 Å². The Morgan fingerprint density at radius 1 is 1.42 bits per heavy atom. The minimum absolute atomic E-state index is 0.283. The maximum absolute atomic E-state index is 5.71. The van der Waals surface area contributed by atoms with E-state index in [9.17, 15) is 0 Å². The summed E-state index contributed by atoms with van der Waals surface area (Å²) in [6, 6.07) is 0.283. The molecule has 0 saturated carbocycles. The highest BCUT2D eigenvalue weighted by molar-refractivity contribution is 4.97. The fourth-order valence-corrected chi connectivity index (χ4v) is 0.747. The normalized spacial score (nSPS) is 12.8. The number of nitrogens with zero attached hydrogens (tertiary/aromatic N) is 2. The van der Waals surface area contributed by atoms with Crippen LogP contribution in [0.5, 0.6) is 0 Å². The van der Waals surface area contributed by atoms with Gasteiger partial charge in [-0.05, 0) is 27.9 Å². The van der Waals surface area contributed by atoms with E-state index in [1.54, 1.807) is 11.2 Å². The largest absolute Gasteiger partial charge is 0.400 e. The fraction of sp³-hybridized carbons (Fsp3) is 0.750. The van der Waals surface area contributed by atoms with Crippen LogP contribution in [0.4, 0.5) is 0 Å². The van der Waals surface area contributed by atoms with E-state index in [0.29, 0.717) is 0 Å². The summed E-state index contributed by atoms with van der Waals surface area (Å²) in [7, 11) is 3.94. The number of rotatable bonds is 4. The molecular weight excluding hydrogens is 152 g/mol. The predicted molar refractivity (Wildman–Crippen MR) is 52.0 cm³/mol. The summed E-state index contributed by atoms with van der Waals surface area (Å²) in [5.74, 6) is 5.65. The molecule has 72 valence electrons. The lowest BCUT2D eigenvalue weighted by Gasteiger charge is -2.20. The second-order valence-electron chi connectivity index (χ2n) is 3.48. The molecular formula is C8H20N4. The van der Waals surface area contributed by atoms with Gasteiger partial charge in [0.1, 0.15) is 0 Å². The quantitative estimate of drug-likeness (QED) is 0.460. The van der Waals surface area contributed by atoms with E-state index < -0.39 is 0 Å². The lowest BCUT2D eigenvalue weighted by atomic mass is 10.3. The minimum Gasteiger partial charge on any atom is -0.400 e. The summed E-state index contributed by atoms with van der Waals surface area (Å²) < 4.78 is 0. The Balaban J connectivity index is 3.97. The van der Waals surface area contributed by atoms with Crippen molar-refractivity contribution in [3.63, 3.8) is 0 Å². The van der Waals surface area contributed by atoms with Gasteiger partial charge in [0.05, 0.1) is 0 Å². The highest BCUT2D eigenvalue weighted by Gasteiger charge is 2.00. The Bertz CT molecular complexity index is 151. The SMILES string of the molecule is CC(C)N(N)/C=C(\N)CN(C)C. The third-order valence-electron chi connectivity index (χ3n) is 1.41. The van der Waals surface area contributed by atoms with Crippen molar-refractivity contribution in [1.82, 2.24) is 9.91 Å². The standard InChI is InChI=1S/C8H20N4/c1-7(2)12(10)6-8(9)5-11(3)4/h6-7H,5,9-10H2,1-4H3/b8-6-. The van der Waals surface area contributed by atoms with Gasteiger partial charge in [-0.25, -0.2) is 5.84 Å². The zero-order valence-corrected chi connectivity index (χ0v) is 8.41. The Kier molecular flexibility index (Phi) is 4.70. The first kappa shape index (κ1) is 11.3. The number of hydrogen-bond donors (Lipinski definition) is 2. The van der Waals surface area contributed by atoms with E-state index in [4.69, 9.17) is 11.6 Å². The lowest BCUT2D eigenvalue weighted by Crippen LogP contribution is -2.34. The molecule has 0 saturated heterocycles. The van der Waals surface area contributed by atoms with Crippen molar-refractivity contribution >= 4 is 0 Å². The van der Waals surface area contributed by atoms with Gasteiger partial charge in [0.15, 0.2) is 0 Å². The average molecular weight is 172 g/mol. The number of hydrazine groups is 1. The van der Waals surface area contributed by atoms with Crippen LogP contribution in [-0.2, 0) is 0 Å². The van der Waals surface area contributed by atoms with Gasteiger partial charge in [-0.15, -0.1) is 0 Å². The van der Waals surface area contributed by atoms with Crippen LogP contribution in [0.25, 0.3) is 0 Å². The second-order valence-corrected chi connectivity index (χ2v) is 3.48. The molecule has 0 aromatic heterocycles. The minimum atomic E-state index is 0.283. The number of nitrogens with two attached hydrogens (primary N) is 2. The predicted octanol–water partition coefficient (Wildman–Crippen LogP) is -0.0678. The van der Waals surface area contributed by atoms with E-state index >= 15 is 0 Å². The van der Waals surface area contributed by atoms with Gasteiger partial charge in [0, 0.05) is 24.5 Å². The molecule has 0 fully saturated rings. The Labute approximate surface area is 74.8 Å². The maximum Gasteiger partial charge on any atom is 0.0400 e. The van der Waals surface area contributed by atoms with Gasteiger partial charge in [-0.3, -0.25) is 0 Å². The molecule has 0 bridgehead atoms. The number of likely N-dealkylation sites (N-methyl/N-ethyl adjacent to an activating group) is 1. The molecule has 0 aromatic carbocycles. The van der Waals surface area contributed by atoms with Crippen molar-refractivity contribution < 1.29 is 0 Å². The first-order valence-corrected chi connectivity index (χ1v) is 4.07. The summed E-state index contributed by atoms with van der Waals surface area (Å²) in [4.78, 5) is 2.00. The molecule has 0 aliphatic heterocycles. The van der Waals surface area contributed by atoms with Gasteiger partial charge in [0.2, 0.25) is 0 Å². The van der Waals surface area contributed by atoms with Crippen LogP contribution in [0.2, 0.25) is 0 Å². The van der Waals surface area contributed by atoms with E-state index in [1.807, 2.05) is 32.8 Å². The molecule has 0 spiro atoms. The van der Waals surface area contributed by atoms with Crippen molar-refractivity contribution in [3.8, 4) is 0 Å². The molecule has 0 heterocycles. The van der Waals surface area contributed by atoms with Gasteiger partial charge < -0.3 is 15.6 Å². The highest BCUT2D eigenvalue weighted by atomic mass is 15.4. The van der Waals surface area contributed by atoms with Gasteiger partial charge >= 0.3 is 0 Å². The van der Waals surface area contributed by atoms with Crippen molar-refractivity contribution in [2.24, 2.45) is 11.6 Å². The molecule has 0 unspecified atom stereocenters. The van der Waals surface area contributed by atoms with Crippen LogP contribution in [0.1, 0.15) is 13.8 Å². The molecule has 0 radical (unpaired) electrons. The van der Waals surface area contributed by atoms with Crippen LogP contribution in [0.15, 0.2) is 11.9 Å². The van der Waals surface area contributed by atoms with E-state index in [-0.39, 0.29) is 6.04 Å². The van der Waals surface area contributed by atoms with Crippen molar-refractivity contribution in [2.45, 2.75) is 19.9 Å². The van der Waals surface area contributed by atoms with Gasteiger partial charge in [-0.2, -0.15) is 0 Å². The summed E-state index contributed by atoms with van der Waals surface area (Å²) in [5, 5.41) is 1.61. The first-order chi connectivity index (χ1) is 5.43. The summed E-state index contributed by atoms with van der Waals surface area (Å²) in [6.07, 6.45) is 1.77. The van der Waals surface area contributed by atoms with Gasteiger partial charge in [-0.1, -0.05) is 0 Å². The second kappa shape index (κ2) is 5.00. The average Bonchev–Trinajstić information content (AvgIpc) is 1.84. The highest BCUT2D eigenvalue weighted by Crippen LogP contribution is 1.94. The van der Waals surface area contributed by atoms with Crippen molar-refractivity contribution in [2.75, 3.05) is 20.6 Å². The molecule has 12 heavy (non-hydrogen) atoms. The summed E-state index contributed by atoms with van der Waals surface area (Å²) in [5.41, 5.74) is 6.49. The Morgan fingerprint density at radius 3 is 2.25 bits per heavy atom. The van der Waals surface area contributed by atoms with Crippen LogP contribution >= 0.6 is 0 Å². The molecule has 0 amide bonds. The zero-order chi connectivity index (χ0) is 9.72. The van der Waals surface area contributed by atoms with Crippen LogP contribution < -0.4 is 11.6 Å². The smallest absolute Gasteiger partial charge is 0.0400 e. The summed E-state index contributed by atoms with van der Waals surface area (Å²) in [6.45, 7) is 4.76. The topological polar surface area (TPSA) is 58.5 Å². The van der Waals surface area contributed by atoms with Crippen molar-refractivity contribution in [3.05, 3.63) is 11.9 Å². The molecule has 4 nitrogen and oxygen atoms in total. The fourth-order valence-electron chi connectivity index (χ4n) is 0.747. The molecule has 0 atom stereocenters. The molecule has 0 aliphatic rings. The Morgan fingerprint density at radius 2 is 1.92 bits per heavy atom. The number of hydrogen-bond acceptors (Lipinski definition) is 4. The van der Waals surface area contributed by atoms with Crippen LogP contribution in [0, 0.1) is 0 Å². The molecule has 0 rings (SSSR count). The third-order valence-corrected chi connectivity index (χ3v) is 1.41. The van der Waals surface area contributed by atoms with Crippen LogP contribution in [-0.4, -0.2) is 36.6 Å². The molecule has 4 heteroatoms. The maximum atomic E-state index is 5.71. The summed E-state index contributed by atoms with van der Waals surface area (Å²) >= 11 is 0. The lowest BCUT2D eigenvalue weighted by molar-refractivity contribution is 0.316. The third kappa shape index (κ3) is 4.98. The monoisotopic (exact) mass is 172 g/mol. The molecule has 4 N–H and O–H groups in total. The van der Waals surface area contributed by atoms with E-state index in [2.05, 4.69) is 0 Å². The van der Waals surface area contributed by atoms with Crippen LogP contribution in [0.3, 0.4) is 0 Å². The van der Waals surface area contributed by atoms with E-state index in [0.717, 1.165) is 12.2 Å².